The van der Waals surface area contributed by atoms with Crippen molar-refractivity contribution in [1.82, 2.24) is 0 Å². The van der Waals surface area contributed by atoms with Gasteiger partial charge in [-0.1, -0.05) is 0 Å². The quantitative estimate of drug-likeness (QED) is 0.0833. The third-order valence-corrected chi connectivity index (χ3v) is 17.1. The third-order valence-electron chi connectivity index (χ3n) is 6.22. The van der Waals surface area contributed by atoms with Crippen molar-refractivity contribution in [1.29, 1.82) is 0 Å². The molecule has 0 amide bonds. The van der Waals surface area contributed by atoms with Gasteiger partial charge in [-0.25, -0.2) is 0 Å². The molecular weight excluding hydrogens is 837 g/mol. The molecule has 0 saturated carbocycles. The van der Waals surface area contributed by atoms with Gasteiger partial charge < -0.3 is 0 Å². The van der Waals surface area contributed by atoms with Crippen LogP contribution in [0.25, 0.3) is 0 Å². The molecule has 1 aromatic rings. The van der Waals surface area contributed by atoms with E-state index in [4.69, 9.17) is 4.74 Å². The van der Waals surface area contributed by atoms with Crippen LogP contribution >= 0.6 is 22.6 Å². The number of hydrogen-bond donors (Lipinski definition) is 0. The fourth-order valence-corrected chi connectivity index (χ4v) is 12.9. The van der Waals surface area contributed by atoms with E-state index >= 15 is 0 Å². The van der Waals surface area contributed by atoms with Gasteiger partial charge >= 0.3 is 227 Å². The van der Waals surface area contributed by atoms with E-state index in [-0.39, 0.29) is 4.44 Å². The zero-order chi connectivity index (χ0) is 32.9. The van der Waals surface area contributed by atoms with Gasteiger partial charge in [-0.05, 0) is 0 Å². The molecule has 240 valence electrons. The van der Waals surface area contributed by atoms with Gasteiger partial charge in [0.15, 0.2) is 0 Å². The molecule has 0 aliphatic heterocycles. The predicted octanol–water partition coefficient (Wildman–Crippen LogP) is 9.20. The number of alkyl halides is 18. The van der Waals surface area contributed by atoms with Crippen LogP contribution in [0.4, 0.5) is 74.6 Å². The summed E-state index contributed by atoms with van der Waals surface area (Å²) < 4.78 is 233. The summed E-state index contributed by atoms with van der Waals surface area (Å²) in [5, 5.41) is 0. The first-order valence-electron chi connectivity index (χ1n) is 10.9. The first-order chi connectivity index (χ1) is 17.9. The van der Waals surface area contributed by atoms with Crippen molar-refractivity contribution in [3.63, 3.8) is 0 Å². The first-order valence-corrected chi connectivity index (χ1v) is 21.3. The van der Waals surface area contributed by atoms with E-state index in [1.807, 2.05) is 0 Å². The molecule has 0 aromatic heterocycles. The van der Waals surface area contributed by atoms with Crippen LogP contribution in [0.15, 0.2) is 24.3 Å². The van der Waals surface area contributed by atoms with Gasteiger partial charge in [0, 0.05) is 0 Å². The second-order valence-electron chi connectivity index (χ2n) is 9.60. The van der Waals surface area contributed by atoms with Crippen LogP contribution in [0, 0.1) is 0 Å². The van der Waals surface area contributed by atoms with Crippen LogP contribution in [0.5, 0.6) is 5.75 Å². The Labute approximate surface area is 239 Å². The summed E-state index contributed by atoms with van der Waals surface area (Å²) in [7, 11) is 1.37. The summed E-state index contributed by atoms with van der Waals surface area (Å²) in [6, 6.07) is 6.36. The second-order valence-corrected chi connectivity index (χ2v) is 25.2. The van der Waals surface area contributed by atoms with Gasteiger partial charge in [0.1, 0.15) is 0 Å². The van der Waals surface area contributed by atoms with Gasteiger partial charge in [-0.2, -0.15) is 13.2 Å². The number of rotatable bonds is 13. The van der Waals surface area contributed by atoms with E-state index in [2.05, 4.69) is 0 Å². The molecule has 1 unspecified atom stereocenters. The normalized spacial score (nSPS) is 16.1. The van der Waals surface area contributed by atoms with Crippen LogP contribution in [-0.4, -0.2) is 77.0 Å². The van der Waals surface area contributed by atoms with E-state index in [9.17, 15) is 74.6 Å². The van der Waals surface area contributed by atoms with Crippen LogP contribution in [0.2, 0.25) is 14.3 Å². The molecule has 0 radical (unpaired) electrons. The number of methoxy groups -OCH3 is 1. The molecular formula is C21H20F17IOSn. The second kappa shape index (κ2) is 11.7. The van der Waals surface area contributed by atoms with Crippen LogP contribution < -0.4 is 8.32 Å². The van der Waals surface area contributed by atoms with E-state index < -0.39 is 82.8 Å². The molecule has 0 aliphatic rings. The fourth-order valence-electron chi connectivity index (χ4n) is 3.41. The summed E-state index contributed by atoms with van der Waals surface area (Å²) >= 11 is -2.35. The summed E-state index contributed by atoms with van der Waals surface area (Å²) in [6.45, 7) is 0. The van der Waals surface area contributed by atoms with Gasteiger partial charge in [0.25, 0.3) is 0 Å². The molecule has 1 nitrogen and oxygen atoms in total. The molecule has 0 bridgehead atoms. The zero-order valence-corrected chi connectivity index (χ0v) is 25.7. The Morgan fingerprint density at radius 3 is 1.37 bits per heavy atom. The topological polar surface area (TPSA) is 9.23 Å². The number of ether oxygens (including phenoxy) is 1. The SMILES string of the molecule is COc1cc[c]([Sn]([CH3])([CH3])[CH2]CC(I)CC(F)(F)C(F)(F)C(F)(F)C(F)(F)C(F)(F)C(F)(F)C(F)(F)C(F)(F)F)cc1. The first kappa shape index (κ1) is 38.4. The molecule has 20 heteroatoms. The molecule has 0 aliphatic carbocycles. The Morgan fingerprint density at radius 2 is 1.00 bits per heavy atom. The average Bonchev–Trinajstić information content (AvgIpc) is 2.81. The molecule has 41 heavy (non-hydrogen) atoms. The monoisotopic (exact) mass is 858 g/mol. The summed E-state index contributed by atoms with van der Waals surface area (Å²) in [5.74, 6) is -55.6. The molecule has 1 rings (SSSR count). The van der Waals surface area contributed by atoms with Crippen LogP contribution in [0.1, 0.15) is 12.8 Å². The Kier molecular flexibility index (Phi) is 11.0. The van der Waals surface area contributed by atoms with Gasteiger partial charge in [0.05, 0.1) is 0 Å². The van der Waals surface area contributed by atoms with Crippen molar-refractivity contribution in [2.24, 2.45) is 0 Å². The fraction of sp³-hybridized carbons (Fsp3) is 0.714. The van der Waals surface area contributed by atoms with Crippen molar-refractivity contribution in [3.05, 3.63) is 24.3 Å². The Hall–Kier alpha value is -0.641. The molecule has 0 saturated heterocycles. The van der Waals surface area contributed by atoms with Crippen molar-refractivity contribution >= 4 is 44.5 Å². The van der Waals surface area contributed by atoms with E-state index in [0.29, 0.717) is 5.75 Å². The standard InChI is InChI=1S/C12H7F17I.C7H7O.2CH3.Sn/c1-2-4(30)3-5(13,14)6(15,16)7(17,18)8(19,20)9(21,22)10(23,24)11(25,26)12(27,28)29;1-8-7-5-3-2-4-6-7;;;/h4H,1-3H2;3-6H,1H3;2*1H3;. The minimum absolute atomic E-state index is 0.0691. The van der Waals surface area contributed by atoms with E-state index in [0.717, 1.165) is 26.2 Å². The van der Waals surface area contributed by atoms with Crippen molar-refractivity contribution in [3.8, 4) is 5.75 Å². The molecule has 1 atom stereocenters. The maximum absolute atomic E-state index is 14.3. The minimum atomic E-state index is -8.61. The molecule has 0 spiro atoms. The van der Waals surface area contributed by atoms with Crippen LogP contribution in [-0.2, 0) is 0 Å². The molecule has 1 aromatic carbocycles. The zero-order valence-electron chi connectivity index (χ0n) is 20.7. The van der Waals surface area contributed by atoms with Gasteiger partial charge in [-0.15, -0.1) is 0 Å². The number of halogens is 18. The Balaban J connectivity index is 3.28. The Morgan fingerprint density at radius 1 is 0.634 bits per heavy atom. The average molecular weight is 857 g/mol. The number of hydrogen-bond acceptors (Lipinski definition) is 1. The number of benzene rings is 1. The van der Waals surface area contributed by atoms with E-state index in [1.54, 1.807) is 34.1 Å². The van der Waals surface area contributed by atoms with Crippen molar-refractivity contribution in [2.45, 2.75) is 78.7 Å². The summed E-state index contributed by atoms with van der Waals surface area (Å²) in [5.41, 5.74) is 0. The van der Waals surface area contributed by atoms with Crippen molar-refractivity contribution in [2.75, 3.05) is 7.11 Å². The summed E-state index contributed by atoms with van der Waals surface area (Å²) in [4.78, 5) is 3.50. The predicted molar refractivity (Wildman–Crippen MR) is 123 cm³/mol. The summed E-state index contributed by atoms with van der Waals surface area (Å²) in [6.07, 6.45) is -10.6. The van der Waals surface area contributed by atoms with Crippen LogP contribution in [0.3, 0.4) is 0 Å². The molecule has 0 fully saturated rings. The molecule has 0 N–H and O–H groups in total. The van der Waals surface area contributed by atoms with Gasteiger partial charge in [-0.3, -0.25) is 0 Å². The van der Waals surface area contributed by atoms with Crippen molar-refractivity contribution < 1.29 is 79.4 Å². The maximum atomic E-state index is 14.3. The Bertz CT molecular complexity index is 1040. The third kappa shape index (κ3) is 6.58. The molecule has 0 heterocycles. The van der Waals surface area contributed by atoms with E-state index in [1.165, 1.54) is 7.11 Å². The van der Waals surface area contributed by atoms with Gasteiger partial charge in [0.2, 0.25) is 0 Å².